The van der Waals surface area contributed by atoms with E-state index in [2.05, 4.69) is 6.07 Å². The number of ether oxygens (including phenoxy) is 3. The Kier molecular flexibility index (Phi) is 4.62. The lowest BCUT2D eigenvalue weighted by atomic mass is 10.1. The van der Waals surface area contributed by atoms with Crippen molar-refractivity contribution in [2.75, 3.05) is 21.3 Å². The van der Waals surface area contributed by atoms with Gasteiger partial charge in [-0.25, -0.2) is 0 Å². The first-order valence-electron chi connectivity index (χ1n) is 4.88. The second-order valence-electron chi connectivity index (χ2n) is 3.25. The molecule has 0 N–H and O–H groups in total. The van der Waals surface area contributed by atoms with Crippen LogP contribution >= 0.6 is 0 Å². The van der Waals surface area contributed by atoms with Crippen LogP contribution in [-0.2, 0) is 11.2 Å². The molecule has 0 saturated carbocycles. The van der Waals surface area contributed by atoms with Crippen LogP contribution in [0.15, 0.2) is 18.2 Å². The van der Waals surface area contributed by atoms with Gasteiger partial charge >= 0.3 is 0 Å². The van der Waals surface area contributed by atoms with E-state index in [9.17, 15) is 0 Å². The molecule has 86 valence electrons. The predicted octanol–water partition coefficient (Wildman–Crippen LogP) is 1.78. The molecule has 0 aromatic heterocycles. The maximum Gasteiger partial charge on any atom is 0.160 e. The van der Waals surface area contributed by atoms with Gasteiger partial charge in [-0.15, -0.1) is 0 Å². The van der Waals surface area contributed by atoms with E-state index in [1.165, 1.54) is 7.11 Å². The number of hydrogen-bond acceptors (Lipinski definition) is 4. The van der Waals surface area contributed by atoms with Crippen LogP contribution in [0.2, 0.25) is 0 Å². The molecule has 0 radical (unpaired) electrons. The van der Waals surface area contributed by atoms with Crippen molar-refractivity contribution in [3.8, 4) is 17.6 Å². The highest BCUT2D eigenvalue weighted by Gasteiger charge is 2.09. The topological polar surface area (TPSA) is 51.5 Å². The van der Waals surface area contributed by atoms with E-state index in [0.29, 0.717) is 17.9 Å². The summed E-state index contributed by atoms with van der Waals surface area (Å²) in [7, 11) is 4.69. The molecule has 1 aromatic rings. The molecule has 0 fully saturated rings. The van der Waals surface area contributed by atoms with Crippen LogP contribution in [0.25, 0.3) is 0 Å². The molecule has 16 heavy (non-hydrogen) atoms. The van der Waals surface area contributed by atoms with Crippen LogP contribution in [0.4, 0.5) is 0 Å². The first-order valence-corrected chi connectivity index (χ1v) is 4.88. The molecule has 1 atom stereocenters. The molecule has 4 heteroatoms. The Labute approximate surface area is 95.4 Å². The Morgan fingerprint density at radius 1 is 1.19 bits per heavy atom. The van der Waals surface area contributed by atoms with Gasteiger partial charge in [-0.3, -0.25) is 0 Å². The summed E-state index contributed by atoms with van der Waals surface area (Å²) in [6.45, 7) is 0. The van der Waals surface area contributed by atoms with Crippen molar-refractivity contribution in [1.29, 1.82) is 5.26 Å². The molecule has 1 aromatic carbocycles. The van der Waals surface area contributed by atoms with Gasteiger partial charge in [0.25, 0.3) is 0 Å². The number of rotatable bonds is 5. The van der Waals surface area contributed by atoms with E-state index in [0.717, 1.165) is 5.56 Å². The van der Waals surface area contributed by atoms with Crippen molar-refractivity contribution in [3.05, 3.63) is 23.8 Å². The van der Waals surface area contributed by atoms with Crippen LogP contribution in [0.5, 0.6) is 11.5 Å². The third-order valence-electron chi connectivity index (χ3n) is 2.30. The van der Waals surface area contributed by atoms with E-state index in [1.807, 2.05) is 18.2 Å². The third-order valence-corrected chi connectivity index (χ3v) is 2.30. The third kappa shape index (κ3) is 2.88. The Morgan fingerprint density at radius 2 is 1.88 bits per heavy atom. The monoisotopic (exact) mass is 221 g/mol. The number of nitrogens with zero attached hydrogens (tertiary/aromatic N) is 1. The van der Waals surface area contributed by atoms with Gasteiger partial charge < -0.3 is 14.2 Å². The largest absolute Gasteiger partial charge is 0.493 e. The Hall–Kier alpha value is -1.73. The standard InChI is InChI=1S/C12H15NO3/c1-14-10(8-13)6-9-4-5-11(15-2)12(7-9)16-3/h4-5,7,10H,6H2,1-3H3. The Bertz CT molecular complexity index is 384. The lowest BCUT2D eigenvalue weighted by molar-refractivity contribution is 0.147. The maximum atomic E-state index is 8.78. The van der Waals surface area contributed by atoms with Crippen molar-refractivity contribution in [2.24, 2.45) is 0 Å². The van der Waals surface area contributed by atoms with Gasteiger partial charge in [0.2, 0.25) is 0 Å². The summed E-state index contributed by atoms with van der Waals surface area (Å²) >= 11 is 0. The number of nitriles is 1. The first-order chi connectivity index (χ1) is 7.74. The number of methoxy groups -OCH3 is 3. The van der Waals surface area contributed by atoms with Crippen LogP contribution in [0, 0.1) is 11.3 Å². The van der Waals surface area contributed by atoms with Crippen molar-refractivity contribution >= 4 is 0 Å². The van der Waals surface area contributed by atoms with Crippen LogP contribution < -0.4 is 9.47 Å². The molecular weight excluding hydrogens is 206 g/mol. The molecular formula is C12H15NO3. The van der Waals surface area contributed by atoms with E-state index in [-0.39, 0.29) is 0 Å². The highest BCUT2D eigenvalue weighted by Crippen LogP contribution is 2.28. The van der Waals surface area contributed by atoms with E-state index >= 15 is 0 Å². The van der Waals surface area contributed by atoms with Gasteiger partial charge in [-0.2, -0.15) is 5.26 Å². The summed E-state index contributed by atoms with van der Waals surface area (Å²) in [4.78, 5) is 0. The second-order valence-corrected chi connectivity index (χ2v) is 3.25. The summed E-state index contributed by atoms with van der Waals surface area (Å²) in [6.07, 6.45) is 0.103. The number of benzene rings is 1. The van der Waals surface area contributed by atoms with Gasteiger partial charge in [-0.05, 0) is 17.7 Å². The lowest BCUT2D eigenvalue weighted by Gasteiger charge is -2.11. The summed E-state index contributed by atoms with van der Waals surface area (Å²) < 4.78 is 15.3. The molecule has 0 bridgehead atoms. The zero-order valence-corrected chi connectivity index (χ0v) is 9.69. The first kappa shape index (κ1) is 12.3. The van der Waals surface area contributed by atoms with Crippen molar-refractivity contribution < 1.29 is 14.2 Å². The molecule has 1 unspecified atom stereocenters. The van der Waals surface area contributed by atoms with Gasteiger partial charge in [0.05, 0.1) is 20.3 Å². The van der Waals surface area contributed by atoms with E-state index < -0.39 is 6.10 Å². The fourth-order valence-corrected chi connectivity index (χ4v) is 1.40. The summed E-state index contributed by atoms with van der Waals surface area (Å²) in [5.74, 6) is 1.34. The van der Waals surface area contributed by atoms with Crippen molar-refractivity contribution in [1.82, 2.24) is 0 Å². The van der Waals surface area contributed by atoms with Gasteiger partial charge in [0.1, 0.15) is 6.10 Å². The fourth-order valence-electron chi connectivity index (χ4n) is 1.40. The molecule has 4 nitrogen and oxygen atoms in total. The quantitative estimate of drug-likeness (QED) is 0.760. The summed E-state index contributed by atoms with van der Waals surface area (Å²) in [5.41, 5.74) is 0.978. The normalized spacial score (nSPS) is 11.6. The summed E-state index contributed by atoms with van der Waals surface area (Å²) in [6, 6.07) is 7.63. The average molecular weight is 221 g/mol. The van der Waals surface area contributed by atoms with E-state index in [4.69, 9.17) is 19.5 Å². The lowest BCUT2D eigenvalue weighted by Crippen LogP contribution is -2.11. The molecule has 0 saturated heterocycles. The van der Waals surface area contributed by atoms with Gasteiger partial charge in [0.15, 0.2) is 11.5 Å². The zero-order valence-electron chi connectivity index (χ0n) is 9.69. The zero-order chi connectivity index (χ0) is 12.0. The van der Waals surface area contributed by atoms with Crippen molar-refractivity contribution in [3.63, 3.8) is 0 Å². The Balaban J connectivity index is 2.87. The van der Waals surface area contributed by atoms with Gasteiger partial charge in [-0.1, -0.05) is 6.07 Å². The minimum atomic E-state index is -0.432. The highest BCUT2D eigenvalue weighted by molar-refractivity contribution is 5.43. The van der Waals surface area contributed by atoms with Crippen LogP contribution in [0.1, 0.15) is 5.56 Å². The highest BCUT2D eigenvalue weighted by atomic mass is 16.5. The van der Waals surface area contributed by atoms with Crippen molar-refractivity contribution in [2.45, 2.75) is 12.5 Å². The molecule has 1 rings (SSSR count). The smallest absolute Gasteiger partial charge is 0.160 e. The summed E-state index contributed by atoms with van der Waals surface area (Å²) in [5, 5.41) is 8.78. The fraction of sp³-hybridized carbons (Fsp3) is 0.417. The second kappa shape index (κ2) is 5.99. The SMILES string of the molecule is COc1ccc(CC(C#N)OC)cc1OC. The molecule has 0 spiro atoms. The molecule has 0 heterocycles. The molecule has 0 aliphatic rings. The average Bonchev–Trinajstić information content (AvgIpc) is 2.35. The molecule has 0 amide bonds. The molecule has 0 aliphatic heterocycles. The Morgan fingerprint density at radius 3 is 2.38 bits per heavy atom. The maximum absolute atomic E-state index is 8.78. The molecule has 0 aliphatic carbocycles. The van der Waals surface area contributed by atoms with Crippen LogP contribution in [-0.4, -0.2) is 27.4 Å². The predicted molar refractivity (Wildman–Crippen MR) is 59.7 cm³/mol. The van der Waals surface area contributed by atoms with Crippen LogP contribution in [0.3, 0.4) is 0 Å². The van der Waals surface area contributed by atoms with Gasteiger partial charge in [0, 0.05) is 13.5 Å². The van der Waals surface area contributed by atoms with E-state index in [1.54, 1.807) is 14.2 Å². The minimum Gasteiger partial charge on any atom is -0.493 e. The minimum absolute atomic E-state index is 0.432. The number of hydrogen-bond donors (Lipinski definition) is 0.